The molecular weight excluding hydrogens is 264 g/mol. The van der Waals surface area contributed by atoms with Crippen LogP contribution in [-0.4, -0.2) is 50.8 Å². The van der Waals surface area contributed by atoms with Crippen molar-refractivity contribution in [2.75, 3.05) is 33.2 Å². The van der Waals surface area contributed by atoms with Crippen LogP contribution in [0, 0.1) is 0 Å². The Hall–Kier alpha value is -2.44. The molecule has 20 heavy (non-hydrogen) atoms. The number of ether oxygens (including phenoxy) is 3. The smallest absolute Gasteiger partial charge is 0.410 e. The fourth-order valence-corrected chi connectivity index (χ4v) is 1.87. The van der Waals surface area contributed by atoms with Crippen LogP contribution >= 0.6 is 0 Å². The number of rotatable bonds is 4. The fraction of sp³-hybridized carbons (Fsp3) is 0.385. The van der Waals surface area contributed by atoms with E-state index in [-0.39, 0.29) is 12.5 Å². The summed E-state index contributed by atoms with van der Waals surface area (Å²) >= 11 is 0. The van der Waals surface area contributed by atoms with Crippen molar-refractivity contribution in [3.63, 3.8) is 0 Å². The van der Waals surface area contributed by atoms with E-state index in [0.717, 1.165) is 0 Å². The van der Waals surface area contributed by atoms with E-state index in [2.05, 4.69) is 5.32 Å². The number of nitrogens with zero attached hydrogens (tertiary/aromatic N) is 1. The minimum Gasteiger partial charge on any atom is -0.497 e. The SMILES string of the molecule is COc1ccc(OC)c(NC(=O)C2COC(=O)N2C)c1. The van der Waals surface area contributed by atoms with Crippen LogP contribution in [0.2, 0.25) is 0 Å². The van der Waals surface area contributed by atoms with E-state index in [1.54, 1.807) is 18.2 Å². The summed E-state index contributed by atoms with van der Waals surface area (Å²) in [5.41, 5.74) is 0.476. The summed E-state index contributed by atoms with van der Waals surface area (Å²) in [5.74, 6) is 0.755. The van der Waals surface area contributed by atoms with Crippen LogP contribution in [0.3, 0.4) is 0 Å². The molecule has 0 aromatic heterocycles. The number of anilines is 1. The van der Waals surface area contributed by atoms with Crippen LogP contribution < -0.4 is 14.8 Å². The molecule has 0 spiro atoms. The molecule has 1 fully saturated rings. The molecule has 0 radical (unpaired) electrons. The Labute approximate surface area is 116 Å². The lowest BCUT2D eigenvalue weighted by atomic mass is 10.2. The number of nitrogens with one attached hydrogen (secondary N) is 1. The first-order valence-electron chi connectivity index (χ1n) is 5.99. The van der Waals surface area contributed by atoms with Gasteiger partial charge in [0.05, 0.1) is 19.9 Å². The molecule has 7 heteroatoms. The quantitative estimate of drug-likeness (QED) is 0.893. The molecule has 0 aliphatic carbocycles. The first kappa shape index (κ1) is 14.0. The Bertz CT molecular complexity index is 531. The highest BCUT2D eigenvalue weighted by atomic mass is 16.6. The minimum atomic E-state index is -0.654. The van der Waals surface area contributed by atoms with Crippen molar-refractivity contribution >= 4 is 17.7 Å². The summed E-state index contributed by atoms with van der Waals surface area (Å²) in [6, 6.07) is 4.41. The normalized spacial score (nSPS) is 17.6. The van der Waals surface area contributed by atoms with Gasteiger partial charge in [-0.2, -0.15) is 0 Å². The molecule has 7 nitrogen and oxygen atoms in total. The van der Waals surface area contributed by atoms with Gasteiger partial charge in [0.15, 0.2) is 0 Å². The first-order chi connectivity index (χ1) is 9.56. The van der Waals surface area contributed by atoms with E-state index in [9.17, 15) is 9.59 Å². The third-order valence-corrected chi connectivity index (χ3v) is 3.09. The lowest BCUT2D eigenvalue weighted by Crippen LogP contribution is -2.40. The first-order valence-corrected chi connectivity index (χ1v) is 5.99. The molecular formula is C13H16N2O5. The number of amides is 2. The number of cyclic esters (lactones) is 1. The number of methoxy groups -OCH3 is 2. The summed E-state index contributed by atoms with van der Waals surface area (Å²) in [6.45, 7) is 0.0352. The van der Waals surface area contributed by atoms with Gasteiger partial charge in [-0.05, 0) is 12.1 Å². The van der Waals surface area contributed by atoms with Gasteiger partial charge in [0.25, 0.3) is 5.91 Å². The molecule has 1 N–H and O–H groups in total. The van der Waals surface area contributed by atoms with Crippen molar-refractivity contribution in [3.05, 3.63) is 18.2 Å². The lowest BCUT2D eigenvalue weighted by molar-refractivity contribution is -0.119. The second kappa shape index (κ2) is 5.68. The van der Waals surface area contributed by atoms with Gasteiger partial charge < -0.3 is 19.5 Å². The highest BCUT2D eigenvalue weighted by Crippen LogP contribution is 2.29. The van der Waals surface area contributed by atoms with Crippen molar-refractivity contribution in [2.45, 2.75) is 6.04 Å². The highest BCUT2D eigenvalue weighted by Gasteiger charge is 2.35. The van der Waals surface area contributed by atoms with Crippen molar-refractivity contribution in [2.24, 2.45) is 0 Å². The van der Waals surface area contributed by atoms with E-state index >= 15 is 0 Å². The molecule has 1 saturated heterocycles. The molecule has 2 amide bonds. The maximum atomic E-state index is 12.2. The summed E-state index contributed by atoms with van der Waals surface area (Å²) in [7, 11) is 4.55. The second-order valence-corrected chi connectivity index (χ2v) is 4.26. The van der Waals surface area contributed by atoms with Gasteiger partial charge in [0.1, 0.15) is 24.1 Å². The Morgan fingerprint density at radius 1 is 1.40 bits per heavy atom. The van der Waals surface area contributed by atoms with E-state index in [0.29, 0.717) is 17.2 Å². The summed E-state index contributed by atoms with van der Waals surface area (Å²) < 4.78 is 15.1. The predicted molar refractivity (Wildman–Crippen MR) is 71.1 cm³/mol. The molecule has 1 unspecified atom stereocenters. The Kier molecular flexibility index (Phi) is 3.97. The third kappa shape index (κ3) is 2.61. The van der Waals surface area contributed by atoms with Gasteiger partial charge in [-0.1, -0.05) is 0 Å². The molecule has 108 valence electrons. The molecule has 1 atom stereocenters. The van der Waals surface area contributed by atoms with Gasteiger partial charge in [-0.3, -0.25) is 9.69 Å². The van der Waals surface area contributed by atoms with Gasteiger partial charge in [0.2, 0.25) is 0 Å². The van der Waals surface area contributed by atoms with Crippen LogP contribution in [0.25, 0.3) is 0 Å². The Morgan fingerprint density at radius 3 is 2.70 bits per heavy atom. The van der Waals surface area contributed by atoms with Gasteiger partial charge in [0, 0.05) is 13.1 Å². The second-order valence-electron chi connectivity index (χ2n) is 4.26. The van der Waals surface area contributed by atoms with Crippen LogP contribution in [0.1, 0.15) is 0 Å². The predicted octanol–water partition coefficient (Wildman–Crippen LogP) is 1.09. The van der Waals surface area contributed by atoms with Crippen molar-refractivity contribution < 1.29 is 23.8 Å². The van der Waals surface area contributed by atoms with Gasteiger partial charge in [-0.25, -0.2) is 4.79 Å². The van der Waals surface area contributed by atoms with Crippen LogP contribution in [0.5, 0.6) is 11.5 Å². The molecule has 1 aliphatic heterocycles. The maximum absolute atomic E-state index is 12.2. The number of hydrogen-bond donors (Lipinski definition) is 1. The van der Waals surface area contributed by atoms with E-state index in [4.69, 9.17) is 14.2 Å². The van der Waals surface area contributed by atoms with Gasteiger partial charge >= 0.3 is 6.09 Å². The topological polar surface area (TPSA) is 77.1 Å². The largest absolute Gasteiger partial charge is 0.497 e. The summed E-state index contributed by atoms with van der Waals surface area (Å²) in [5, 5.41) is 2.71. The molecule has 1 aromatic carbocycles. The number of carbonyl (C=O) groups is 2. The molecule has 1 aliphatic rings. The number of benzene rings is 1. The standard InChI is InChI=1S/C13H16N2O5/c1-15-10(7-20-13(15)17)12(16)14-9-6-8(18-2)4-5-11(9)19-3/h4-6,10H,7H2,1-3H3,(H,14,16). The zero-order valence-corrected chi connectivity index (χ0v) is 11.5. The van der Waals surface area contributed by atoms with Crippen molar-refractivity contribution in [3.8, 4) is 11.5 Å². The number of hydrogen-bond acceptors (Lipinski definition) is 5. The van der Waals surface area contributed by atoms with Gasteiger partial charge in [-0.15, -0.1) is 0 Å². The highest BCUT2D eigenvalue weighted by molar-refractivity contribution is 5.98. The van der Waals surface area contributed by atoms with Crippen molar-refractivity contribution in [1.82, 2.24) is 4.90 Å². The average Bonchev–Trinajstić information content (AvgIpc) is 2.79. The molecule has 1 heterocycles. The summed E-state index contributed by atoms with van der Waals surface area (Å²) in [4.78, 5) is 24.7. The third-order valence-electron chi connectivity index (χ3n) is 3.09. The van der Waals surface area contributed by atoms with Crippen LogP contribution in [0.4, 0.5) is 10.5 Å². The average molecular weight is 280 g/mol. The van der Waals surface area contributed by atoms with E-state index < -0.39 is 12.1 Å². The number of carbonyl (C=O) groups excluding carboxylic acids is 2. The molecule has 2 rings (SSSR count). The van der Waals surface area contributed by atoms with Crippen LogP contribution in [0.15, 0.2) is 18.2 Å². The zero-order chi connectivity index (χ0) is 14.7. The number of likely N-dealkylation sites (N-methyl/N-ethyl adjacent to an activating group) is 1. The van der Waals surface area contributed by atoms with E-state index in [1.807, 2.05) is 0 Å². The fourth-order valence-electron chi connectivity index (χ4n) is 1.87. The van der Waals surface area contributed by atoms with Crippen molar-refractivity contribution in [1.29, 1.82) is 0 Å². The minimum absolute atomic E-state index is 0.0352. The van der Waals surface area contributed by atoms with E-state index in [1.165, 1.54) is 26.2 Å². The molecule has 0 bridgehead atoms. The Morgan fingerprint density at radius 2 is 2.15 bits per heavy atom. The zero-order valence-electron chi connectivity index (χ0n) is 11.5. The monoisotopic (exact) mass is 280 g/mol. The summed E-state index contributed by atoms with van der Waals surface area (Å²) in [6.07, 6.45) is -0.511. The Balaban J connectivity index is 2.16. The molecule has 0 saturated carbocycles. The van der Waals surface area contributed by atoms with Crippen LogP contribution in [-0.2, 0) is 9.53 Å². The molecule has 1 aromatic rings. The lowest BCUT2D eigenvalue weighted by Gasteiger charge is -2.17. The maximum Gasteiger partial charge on any atom is 0.410 e.